The molecule has 9 nitrogen and oxygen atoms in total. The molecule has 1 heterocycles. The predicted molar refractivity (Wildman–Crippen MR) is 136 cm³/mol. The molecule has 2 amide bonds. The second kappa shape index (κ2) is 10.6. The highest BCUT2D eigenvalue weighted by Gasteiger charge is 2.57. The summed E-state index contributed by atoms with van der Waals surface area (Å²) in [5.74, 6) is -1.36. The van der Waals surface area contributed by atoms with E-state index < -0.39 is 29.5 Å². The Balaban J connectivity index is 1.15. The van der Waals surface area contributed by atoms with Crippen LogP contribution in [0.15, 0.2) is 36.4 Å². The highest BCUT2D eigenvalue weighted by molar-refractivity contribution is 6.31. The molecule has 2 aromatic carbocycles. The highest BCUT2D eigenvalue weighted by atomic mass is 35.5. The van der Waals surface area contributed by atoms with Gasteiger partial charge in [-0.2, -0.15) is 0 Å². The van der Waals surface area contributed by atoms with Crippen LogP contribution in [-0.2, 0) is 14.4 Å². The molecular weight excluding hydrogens is 540 g/mol. The van der Waals surface area contributed by atoms with E-state index in [4.69, 9.17) is 37.8 Å². The lowest BCUT2D eigenvalue weighted by atomic mass is 9.76. The van der Waals surface area contributed by atoms with Crippen molar-refractivity contribution < 1.29 is 33.4 Å². The van der Waals surface area contributed by atoms with Gasteiger partial charge in [0.2, 0.25) is 0 Å². The molecule has 12 heteroatoms. The van der Waals surface area contributed by atoms with Crippen LogP contribution in [0, 0.1) is 11.7 Å². The van der Waals surface area contributed by atoms with E-state index in [-0.39, 0.29) is 54.1 Å². The zero-order valence-corrected chi connectivity index (χ0v) is 21.7. The number of carbonyl (C=O) groups excluding carboxylic acids is 2. The number of carbonyl (C=O) groups is 3. The molecule has 3 fully saturated rings. The number of benzene rings is 2. The van der Waals surface area contributed by atoms with Crippen LogP contribution in [0.1, 0.15) is 37.3 Å². The Hall–Kier alpha value is -3.08. The molecule has 3 saturated carbocycles. The Labute approximate surface area is 228 Å². The van der Waals surface area contributed by atoms with Crippen LogP contribution in [0.5, 0.6) is 11.5 Å². The van der Waals surface area contributed by atoms with Gasteiger partial charge in [-0.1, -0.05) is 23.2 Å². The van der Waals surface area contributed by atoms with Gasteiger partial charge in [0.25, 0.3) is 11.8 Å². The lowest BCUT2D eigenvalue weighted by Gasteiger charge is -2.39. The molecule has 1 aliphatic heterocycles. The maximum absolute atomic E-state index is 13.6. The number of hydrogen-bond acceptors (Lipinski definition) is 6. The number of hydrogen-bond donors (Lipinski definition) is 4. The van der Waals surface area contributed by atoms with E-state index >= 15 is 0 Å². The standard InChI is InChI=1S/C26H26Cl2FN3O6/c27-14-1-4-21-16(5-14)19(30-11-24(34)35)7-22(38-21)25(36)31-20-10-26(8-13(20)9-26)32-23(33)12-37-15-2-3-17(28)18(29)6-15/h1-6,13,19-20,22,30H,7-12H2,(H,31,36)(H,32,33)(H,34,35). The average molecular weight is 566 g/mol. The summed E-state index contributed by atoms with van der Waals surface area (Å²) in [5, 5.41) is 18.6. The molecule has 4 N–H and O–H groups in total. The minimum atomic E-state index is -1.01. The zero-order chi connectivity index (χ0) is 27.0. The van der Waals surface area contributed by atoms with Crippen LogP contribution in [-0.4, -0.2) is 53.7 Å². The van der Waals surface area contributed by atoms with E-state index in [2.05, 4.69) is 16.0 Å². The van der Waals surface area contributed by atoms with Gasteiger partial charge in [-0.25, -0.2) is 4.39 Å². The summed E-state index contributed by atoms with van der Waals surface area (Å²) < 4.78 is 24.9. The normalized spacial score (nSPS) is 26.9. The molecule has 3 atom stereocenters. The number of ether oxygens (including phenoxy) is 2. The molecule has 3 unspecified atom stereocenters. The average Bonchev–Trinajstić information content (AvgIpc) is 3.36. The second-order valence-electron chi connectivity index (χ2n) is 10.0. The maximum Gasteiger partial charge on any atom is 0.317 e. The molecule has 0 radical (unpaired) electrons. The number of carboxylic acids is 1. The van der Waals surface area contributed by atoms with Crippen LogP contribution in [0.3, 0.4) is 0 Å². The predicted octanol–water partition coefficient (Wildman–Crippen LogP) is 3.23. The first kappa shape index (κ1) is 26.5. The van der Waals surface area contributed by atoms with Gasteiger partial charge in [0.15, 0.2) is 12.7 Å². The third-order valence-corrected chi connectivity index (χ3v) is 7.88. The fourth-order valence-corrected chi connectivity index (χ4v) is 5.93. The van der Waals surface area contributed by atoms with Crippen LogP contribution in [0.4, 0.5) is 4.39 Å². The number of rotatable bonds is 9. The Morgan fingerprint density at radius 2 is 1.92 bits per heavy atom. The minimum absolute atomic E-state index is 0.0282. The van der Waals surface area contributed by atoms with Gasteiger partial charge in [-0.05, 0) is 55.5 Å². The van der Waals surface area contributed by atoms with Gasteiger partial charge >= 0.3 is 5.97 Å². The molecule has 202 valence electrons. The number of fused-ring (bicyclic) bond motifs is 2. The molecule has 0 saturated heterocycles. The molecule has 0 spiro atoms. The number of nitrogens with one attached hydrogen (secondary N) is 3. The molecule has 3 aliphatic carbocycles. The second-order valence-corrected chi connectivity index (χ2v) is 10.9. The SMILES string of the molecule is O=C(O)CNC1CC(C(=O)NC2CC3(NC(=O)COc4ccc(Cl)c(F)c4)CC2C3)Oc2ccc(Cl)cc21. The maximum atomic E-state index is 13.6. The van der Waals surface area contributed by atoms with Gasteiger partial charge in [0.05, 0.1) is 11.6 Å². The van der Waals surface area contributed by atoms with Gasteiger partial charge in [0, 0.05) is 40.7 Å². The fourth-order valence-electron chi connectivity index (χ4n) is 5.63. The van der Waals surface area contributed by atoms with Gasteiger partial charge in [-0.3, -0.25) is 19.7 Å². The Morgan fingerprint density at radius 3 is 2.66 bits per heavy atom. The molecule has 0 aromatic heterocycles. The molecule has 4 aliphatic rings. The summed E-state index contributed by atoms with van der Waals surface area (Å²) in [6.07, 6.45) is 1.47. The summed E-state index contributed by atoms with van der Waals surface area (Å²) >= 11 is 11.8. The van der Waals surface area contributed by atoms with Crippen molar-refractivity contribution in [1.29, 1.82) is 0 Å². The van der Waals surface area contributed by atoms with E-state index in [0.717, 1.165) is 18.9 Å². The molecule has 2 aromatic rings. The Bertz CT molecular complexity index is 1270. The number of amides is 2. The van der Waals surface area contributed by atoms with Crippen molar-refractivity contribution in [2.45, 2.75) is 49.4 Å². The molecular formula is C26H26Cl2FN3O6. The topological polar surface area (TPSA) is 126 Å². The third kappa shape index (κ3) is 5.67. The van der Waals surface area contributed by atoms with Crippen molar-refractivity contribution in [2.75, 3.05) is 13.2 Å². The summed E-state index contributed by atoms with van der Waals surface area (Å²) in [6, 6.07) is 8.45. The zero-order valence-electron chi connectivity index (χ0n) is 20.1. The lowest BCUT2D eigenvalue weighted by molar-refractivity contribution is -0.136. The summed E-state index contributed by atoms with van der Waals surface area (Å²) in [5.41, 5.74) is 0.285. The molecule has 2 bridgehead atoms. The van der Waals surface area contributed by atoms with Crippen LogP contribution in [0.2, 0.25) is 10.0 Å². The first-order valence-corrected chi connectivity index (χ1v) is 13.0. The van der Waals surface area contributed by atoms with Crippen LogP contribution < -0.4 is 25.4 Å². The quantitative estimate of drug-likeness (QED) is 0.367. The van der Waals surface area contributed by atoms with Gasteiger partial charge in [-0.15, -0.1) is 0 Å². The summed E-state index contributed by atoms with van der Waals surface area (Å²) in [6.45, 7) is -0.539. The molecule has 38 heavy (non-hydrogen) atoms. The van der Waals surface area contributed by atoms with Gasteiger partial charge in [0.1, 0.15) is 17.3 Å². The largest absolute Gasteiger partial charge is 0.484 e. The highest BCUT2D eigenvalue weighted by Crippen LogP contribution is 2.52. The van der Waals surface area contributed by atoms with E-state index in [9.17, 15) is 18.8 Å². The van der Waals surface area contributed by atoms with Crippen LogP contribution in [0.25, 0.3) is 0 Å². The lowest BCUT2D eigenvalue weighted by Crippen LogP contribution is -2.53. The van der Waals surface area contributed by atoms with E-state index in [0.29, 0.717) is 22.8 Å². The summed E-state index contributed by atoms with van der Waals surface area (Å²) in [4.78, 5) is 36.8. The Morgan fingerprint density at radius 1 is 1.13 bits per heavy atom. The third-order valence-electron chi connectivity index (χ3n) is 7.34. The van der Waals surface area contributed by atoms with Crippen molar-refractivity contribution in [3.05, 3.63) is 57.8 Å². The first-order valence-electron chi connectivity index (χ1n) is 12.2. The van der Waals surface area contributed by atoms with E-state index in [1.165, 1.54) is 12.1 Å². The number of aliphatic carboxylic acids is 1. The Kier molecular flexibility index (Phi) is 7.39. The summed E-state index contributed by atoms with van der Waals surface area (Å²) in [7, 11) is 0. The van der Waals surface area contributed by atoms with Crippen molar-refractivity contribution in [3.8, 4) is 11.5 Å². The van der Waals surface area contributed by atoms with E-state index in [1.54, 1.807) is 18.2 Å². The monoisotopic (exact) mass is 565 g/mol. The number of carboxylic acid groups (broad SMARTS) is 1. The van der Waals surface area contributed by atoms with Crippen molar-refractivity contribution >= 4 is 41.0 Å². The van der Waals surface area contributed by atoms with Gasteiger partial charge < -0.3 is 25.2 Å². The fraction of sp³-hybridized carbons (Fsp3) is 0.423. The molecule has 6 rings (SSSR count). The smallest absolute Gasteiger partial charge is 0.317 e. The minimum Gasteiger partial charge on any atom is -0.484 e. The van der Waals surface area contributed by atoms with Crippen LogP contribution >= 0.6 is 23.2 Å². The van der Waals surface area contributed by atoms with Crippen molar-refractivity contribution in [1.82, 2.24) is 16.0 Å². The van der Waals surface area contributed by atoms with Crippen molar-refractivity contribution in [3.63, 3.8) is 0 Å². The van der Waals surface area contributed by atoms with E-state index in [1.807, 2.05) is 0 Å². The van der Waals surface area contributed by atoms with Crippen molar-refractivity contribution in [2.24, 2.45) is 5.92 Å². The number of halogens is 3. The first-order chi connectivity index (χ1) is 18.1.